The molecule has 0 amide bonds. The summed E-state index contributed by atoms with van der Waals surface area (Å²) in [6.45, 7) is 12.8. The molecule has 432 valence electrons. The van der Waals surface area contributed by atoms with Crippen LogP contribution in [0.4, 0.5) is 0 Å². The van der Waals surface area contributed by atoms with Gasteiger partial charge >= 0.3 is 0 Å². The van der Waals surface area contributed by atoms with Crippen LogP contribution in [0.3, 0.4) is 0 Å². The number of rotatable bonds is 15. The van der Waals surface area contributed by atoms with Crippen molar-refractivity contribution >= 4 is 0 Å². The molecule has 75 heavy (non-hydrogen) atoms. The third-order valence-corrected chi connectivity index (χ3v) is 21.0. The van der Waals surface area contributed by atoms with Gasteiger partial charge in [-0.15, -0.1) is 0 Å². The number of aliphatic hydroxyl groups excluding tert-OH is 14. The predicted molar refractivity (Wildman–Crippen MR) is 258 cm³/mol. The van der Waals surface area contributed by atoms with Gasteiger partial charge in [0.15, 0.2) is 25.2 Å². The summed E-state index contributed by atoms with van der Waals surface area (Å²) >= 11 is 0. The van der Waals surface area contributed by atoms with E-state index < -0.39 is 160 Å². The first-order valence-electron chi connectivity index (χ1n) is 27.4. The summed E-state index contributed by atoms with van der Waals surface area (Å²) in [5, 5.41) is 152. The molecule has 5 saturated carbocycles. The Labute approximate surface area is 438 Å². The van der Waals surface area contributed by atoms with Gasteiger partial charge in [-0.2, -0.15) is 0 Å². The maximum absolute atomic E-state index is 12.9. The predicted octanol–water partition coefficient (Wildman–Crippen LogP) is -1.95. The molecular formula is C53H88O22. The molecule has 5 aliphatic carbocycles. The van der Waals surface area contributed by atoms with Gasteiger partial charge < -0.3 is 109 Å². The van der Waals surface area contributed by atoms with Crippen LogP contribution >= 0.6 is 0 Å². The van der Waals surface area contributed by atoms with Gasteiger partial charge in [-0.1, -0.05) is 46.3 Å². The van der Waals surface area contributed by atoms with Crippen LogP contribution in [0.5, 0.6) is 0 Å². The van der Waals surface area contributed by atoms with Crippen molar-refractivity contribution in [3.63, 3.8) is 0 Å². The average Bonchev–Trinajstić information content (AvgIpc) is 4.01. The van der Waals surface area contributed by atoms with E-state index in [0.717, 1.165) is 32.1 Å². The average molecular weight is 1080 g/mol. The molecule has 22 nitrogen and oxygen atoms in total. The second-order valence-electron chi connectivity index (χ2n) is 25.4. The second-order valence-corrected chi connectivity index (χ2v) is 25.4. The fraction of sp³-hybridized carbons (Fsp3) is 0.962. The summed E-state index contributed by atoms with van der Waals surface area (Å²) in [4.78, 5) is 0. The Bertz CT molecular complexity index is 1990. The lowest BCUT2D eigenvalue weighted by molar-refractivity contribution is -0.391. The minimum atomic E-state index is -1.97. The third kappa shape index (κ3) is 9.44. The first-order chi connectivity index (χ1) is 35.3. The monoisotopic (exact) mass is 1080 g/mol. The second kappa shape index (κ2) is 21.6. The molecule has 22 heteroatoms. The molecule has 4 saturated heterocycles. The van der Waals surface area contributed by atoms with Crippen LogP contribution in [0.15, 0.2) is 11.6 Å². The van der Waals surface area contributed by atoms with Crippen LogP contribution in [0, 0.1) is 50.7 Å². The highest BCUT2D eigenvalue weighted by Gasteiger charge is 2.86. The summed E-state index contributed by atoms with van der Waals surface area (Å²) in [5.41, 5.74) is -0.766. The maximum atomic E-state index is 12.9. The maximum Gasteiger partial charge on any atom is 0.187 e. The molecule has 9 aliphatic rings. The first kappa shape index (κ1) is 58.5. The summed E-state index contributed by atoms with van der Waals surface area (Å²) in [5.74, 6) is 0.270. The van der Waals surface area contributed by atoms with Crippen molar-refractivity contribution in [3.05, 3.63) is 11.6 Å². The molecule has 0 aromatic rings. The number of ether oxygens (including phenoxy) is 8. The van der Waals surface area contributed by atoms with Crippen LogP contribution < -0.4 is 0 Å². The molecule has 9 rings (SSSR count). The van der Waals surface area contributed by atoms with E-state index >= 15 is 0 Å². The lowest BCUT2D eigenvalue weighted by Crippen LogP contribution is -2.67. The number of allylic oxidation sites excluding steroid dienone is 2. The fourth-order valence-corrected chi connectivity index (χ4v) is 17.0. The van der Waals surface area contributed by atoms with E-state index in [0.29, 0.717) is 25.7 Å². The molecule has 30 atom stereocenters. The molecular weight excluding hydrogens is 989 g/mol. The highest BCUT2D eigenvalue weighted by molar-refractivity contribution is 5.34. The zero-order valence-electron chi connectivity index (χ0n) is 44.3. The van der Waals surface area contributed by atoms with Gasteiger partial charge in [0.1, 0.15) is 91.6 Å². The van der Waals surface area contributed by atoms with Crippen LogP contribution in [0.1, 0.15) is 106 Å². The molecule has 0 radical (unpaired) electrons. The van der Waals surface area contributed by atoms with E-state index in [4.69, 9.17) is 37.9 Å². The van der Waals surface area contributed by atoms with E-state index in [-0.39, 0.29) is 52.6 Å². The number of aliphatic hydroxyl groups is 14. The molecule has 9 fully saturated rings. The molecule has 4 aliphatic heterocycles. The van der Waals surface area contributed by atoms with Crippen molar-refractivity contribution in [2.45, 2.75) is 241 Å². The smallest absolute Gasteiger partial charge is 0.187 e. The lowest BCUT2D eigenvalue weighted by atomic mass is 9.41. The van der Waals surface area contributed by atoms with E-state index in [9.17, 15) is 71.5 Å². The van der Waals surface area contributed by atoms with Gasteiger partial charge in [-0.25, -0.2) is 0 Å². The number of hydrogen-bond acceptors (Lipinski definition) is 22. The Morgan fingerprint density at radius 1 is 0.587 bits per heavy atom. The molecule has 4 heterocycles. The Hall–Kier alpha value is -1.14. The Morgan fingerprint density at radius 2 is 1.16 bits per heavy atom. The Balaban J connectivity index is 0.950. The third-order valence-electron chi connectivity index (χ3n) is 21.0. The zero-order chi connectivity index (χ0) is 54.6. The van der Waals surface area contributed by atoms with Crippen LogP contribution in [0.25, 0.3) is 0 Å². The van der Waals surface area contributed by atoms with E-state index in [1.165, 1.54) is 5.57 Å². The Morgan fingerprint density at radius 3 is 1.80 bits per heavy atom. The molecule has 0 aromatic heterocycles. The van der Waals surface area contributed by atoms with Crippen molar-refractivity contribution in [2.75, 3.05) is 26.4 Å². The number of hydrogen-bond donors (Lipinski definition) is 14. The normalized spacial score (nSPS) is 54.7. The van der Waals surface area contributed by atoms with Crippen molar-refractivity contribution in [1.29, 1.82) is 0 Å². The van der Waals surface area contributed by atoms with Gasteiger partial charge in [0.05, 0.1) is 44.7 Å². The van der Waals surface area contributed by atoms with Gasteiger partial charge in [0, 0.05) is 5.41 Å². The Kier molecular flexibility index (Phi) is 16.9. The van der Waals surface area contributed by atoms with Gasteiger partial charge in [0.2, 0.25) is 0 Å². The zero-order valence-corrected chi connectivity index (χ0v) is 44.3. The minimum Gasteiger partial charge on any atom is -0.394 e. The molecule has 14 N–H and O–H groups in total. The van der Waals surface area contributed by atoms with Crippen molar-refractivity contribution < 1.29 is 109 Å². The quantitative estimate of drug-likeness (QED) is 0.0626. The highest BCUT2D eigenvalue weighted by Crippen LogP contribution is 2.89. The fourth-order valence-electron chi connectivity index (χ4n) is 17.0. The first-order valence-corrected chi connectivity index (χ1v) is 27.4. The van der Waals surface area contributed by atoms with E-state index in [1.807, 2.05) is 0 Å². The summed E-state index contributed by atoms with van der Waals surface area (Å²) < 4.78 is 48.9. The highest BCUT2D eigenvalue weighted by atomic mass is 16.8. The largest absolute Gasteiger partial charge is 0.394 e. The molecule has 0 bridgehead atoms. The van der Waals surface area contributed by atoms with Crippen LogP contribution in [-0.4, -0.2) is 233 Å². The van der Waals surface area contributed by atoms with Gasteiger partial charge in [-0.05, 0) is 117 Å². The summed E-state index contributed by atoms with van der Waals surface area (Å²) in [6.07, 6.45) is -23.6. The van der Waals surface area contributed by atoms with Crippen LogP contribution in [-0.2, 0) is 37.9 Å². The van der Waals surface area contributed by atoms with Gasteiger partial charge in [0.25, 0.3) is 0 Å². The topological polar surface area (TPSA) is 357 Å². The van der Waals surface area contributed by atoms with Gasteiger partial charge in [-0.3, -0.25) is 0 Å². The van der Waals surface area contributed by atoms with Crippen molar-refractivity contribution in [3.8, 4) is 0 Å². The van der Waals surface area contributed by atoms with Crippen LogP contribution in [0.2, 0.25) is 0 Å². The molecule has 2 spiro atoms. The van der Waals surface area contributed by atoms with Crippen molar-refractivity contribution in [2.24, 2.45) is 50.7 Å². The minimum absolute atomic E-state index is 0.0318. The summed E-state index contributed by atoms with van der Waals surface area (Å²) in [6, 6.07) is 0. The lowest BCUT2D eigenvalue weighted by Gasteiger charge is -2.64. The van der Waals surface area contributed by atoms with E-state index in [2.05, 4.69) is 54.5 Å². The summed E-state index contributed by atoms with van der Waals surface area (Å²) in [7, 11) is 0. The molecule has 0 unspecified atom stereocenters. The molecule has 0 aromatic carbocycles. The van der Waals surface area contributed by atoms with Crippen molar-refractivity contribution in [1.82, 2.24) is 0 Å². The van der Waals surface area contributed by atoms with E-state index in [1.54, 1.807) is 0 Å². The number of fused-ring (bicyclic) bond motifs is 2. The SMILES string of the molecule is CC(C)=CCC[C@@H](C)[C@H]1[C@@H](O[C@@H]2OC[C@H](O)[C@H](O)[C@H]2O)C[C@@]2(C)[C@@H]3CC[C@H]4C(C)(C)[C@@H](O[C@@H]5O[C@H](CO)[C@@H](O)[C@H](O)[C@H]5O[C@@H]5O[C@H](CO)[C@@H](O)[C@H](O[C@@H]6O[C@H](CO)[C@@H](O)[C@H](O)[C@H]6O)[C@H]5O)CC[C@@]45C[C@@]35[C@H](O)C[C@]12C. The standard InChI is InChI=1S/C53H88O22/c1-22(2)9-8-10-23(3)33-25(69-45-40(65)34(59)24(57)20-68-45)15-50(6)30-12-11-29-49(4,5)32(13-14-52(29)21-53(30,52)31(58)16-51(33,50)7)73-48-44(39(64)36(61)27(18-55)72-48)75-47-42(67)43(37(62)28(19-56)71-47)74-46-41(66)38(63)35(60)26(17-54)70-46/h9,23-48,54-67H,8,10-21H2,1-7H3/t23-,24+,25+,26-,27-,28-,29+,30+,31-,32+,33+,34+,35-,36-,37-,38+,39+,40-,41-,42-,43+,44-,45+,46+,47+,48+,50+,51-,52-,53+/m1/s1.